The summed E-state index contributed by atoms with van der Waals surface area (Å²) in [6.45, 7) is 0.384. The SMILES string of the molecule is CSc1c[c]cc(OCCO)c1. The van der Waals surface area contributed by atoms with Gasteiger partial charge in [-0.15, -0.1) is 11.8 Å². The number of hydrogen-bond donors (Lipinski definition) is 1. The molecule has 0 atom stereocenters. The largest absolute Gasteiger partial charge is 0.491 e. The van der Waals surface area contributed by atoms with Crippen LogP contribution in [0.15, 0.2) is 23.1 Å². The lowest BCUT2D eigenvalue weighted by molar-refractivity contribution is 0.201. The Labute approximate surface area is 76.6 Å². The van der Waals surface area contributed by atoms with Crippen molar-refractivity contribution in [2.75, 3.05) is 19.5 Å². The maximum absolute atomic E-state index is 8.51. The molecule has 0 bridgehead atoms. The average Bonchev–Trinajstić information content (AvgIpc) is 2.15. The Morgan fingerprint density at radius 2 is 2.42 bits per heavy atom. The lowest BCUT2D eigenvalue weighted by Crippen LogP contribution is -2.01. The molecule has 0 saturated heterocycles. The minimum absolute atomic E-state index is 0.0451. The summed E-state index contributed by atoms with van der Waals surface area (Å²) in [5.41, 5.74) is 0. The maximum Gasteiger partial charge on any atom is 0.121 e. The van der Waals surface area contributed by atoms with E-state index in [9.17, 15) is 0 Å². The van der Waals surface area contributed by atoms with Crippen LogP contribution in [-0.4, -0.2) is 24.6 Å². The Hall–Kier alpha value is -0.670. The van der Waals surface area contributed by atoms with Crippen LogP contribution in [-0.2, 0) is 0 Å². The summed E-state index contributed by atoms with van der Waals surface area (Å²) in [6.07, 6.45) is 2.00. The van der Waals surface area contributed by atoms with E-state index in [0.717, 1.165) is 10.6 Å². The van der Waals surface area contributed by atoms with Gasteiger partial charge in [-0.25, -0.2) is 0 Å². The van der Waals surface area contributed by atoms with Crippen LogP contribution in [0.25, 0.3) is 0 Å². The lowest BCUT2D eigenvalue weighted by Gasteiger charge is -2.04. The predicted molar refractivity (Wildman–Crippen MR) is 49.6 cm³/mol. The summed E-state index contributed by atoms with van der Waals surface area (Å²) in [4.78, 5) is 1.12. The Kier molecular flexibility index (Phi) is 3.97. The first-order valence-electron chi connectivity index (χ1n) is 3.65. The molecule has 0 saturated carbocycles. The number of benzene rings is 1. The monoisotopic (exact) mass is 183 g/mol. The first-order chi connectivity index (χ1) is 5.86. The van der Waals surface area contributed by atoms with Crippen LogP contribution >= 0.6 is 11.8 Å². The van der Waals surface area contributed by atoms with Gasteiger partial charge in [0.1, 0.15) is 12.4 Å². The van der Waals surface area contributed by atoms with Gasteiger partial charge in [0, 0.05) is 4.90 Å². The van der Waals surface area contributed by atoms with Crippen molar-refractivity contribution in [3.63, 3.8) is 0 Å². The van der Waals surface area contributed by atoms with Crippen molar-refractivity contribution < 1.29 is 9.84 Å². The van der Waals surface area contributed by atoms with Gasteiger partial charge in [0.15, 0.2) is 0 Å². The molecular weight excluding hydrogens is 172 g/mol. The third-order valence-corrected chi connectivity index (χ3v) is 2.04. The molecule has 0 spiro atoms. The fraction of sp³-hybridized carbons (Fsp3) is 0.333. The molecule has 1 radical (unpaired) electrons. The smallest absolute Gasteiger partial charge is 0.121 e. The molecule has 1 N–H and O–H groups in total. The summed E-state index contributed by atoms with van der Waals surface area (Å²) in [7, 11) is 0. The van der Waals surface area contributed by atoms with Gasteiger partial charge in [-0.3, -0.25) is 0 Å². The number of aliphatic hydroxyl groups is 1. The molecule has 2 nitrogen and oxygen atoms in total. The second kappa shape index (κ2) is 5.06. The van der Waals surface area contributed by atoms with Gasteiger partial charge in [0.25, 0.3) is 0 Å². The third-order valence-electron chi connectivity index (χ3n) is 1.33. The second-order valence-electron chi connectivity index (χ2n) is 2.18. The summed E-state index contributed by atoms with van der Waals surface area (Å²) < 4.78 is 5.20. The summed E-state index contributed by atoms with van der Waals surface area (Å²) in [6, 6.07) is 8.55. The minimum Gasteiger partial charge on any atom is -0.491 e. The number of aliphatic hydroxyl groups excluding tert-OH is 1. The highest BCUT2D eigenvalue weighted by Crippen LogP contribution is 2.19. The first kappa shape index (κ1) is 9.42. The van der Waals surface area contributed by atoms with E-state index >= 15 is 0 Å². The van der Waals surface area contributed by atoms with Gasteiger partial charge in [0.05, 0.1) is 6.61 Å². The Morgan fingerprint density at radius 1 is 1.58 bits per heavy atom. The van der Waals surface area contributed by atoms with E-state index < -0.39 is 0 Å². The predicted octanol–water partition coefficient (Wildman–Crippen LogP) is 1.58. The average molecular weight is 183 g/mol. The van der Waals surface area contributed by atoms with E-state index in [-0.39, 0.29) is 6.61 Å². The summed E-state index contributed by atoms with van der Waals surface area (Å²) in [5, 5.41) is 8.51. The van der Waals surface area contributed by atoms with Crippen molar-refractivity contribution in [1.82, 2.24) is 0 Å². The molecule has 0 fully saturated rings. The summed E-state index contributed by atoms with van der Waals surface area (Å²) >= 11 is 1.64. The zero-order chi connectivity index (χ0) is 8.81. The standard InChI is InChI=1S/C9H11O2S/c1-12-9-4-2-3-8(7-9)11-6-5-10/h3-4,7,10H,5-6H2,1H3. The van der Waals surface area contributed by atoms with E-state index in [1.165, 1.54) is 0 Å². The fourth-order valence-corrected chi connectivity index (χ4v) is 1.21. The van der Waals surface area contributed by atoms with Crippen LogP contribution in [0.1, 0.15) is 0 Å². The number of rotatable bonds is 4. The van der Waals surface area contributed by atoms with Crippen LogP contribution in [0.5, 0.6) is 5.75 Å². The number of thioether (sulfide) groups is 1. The van der Waals surface area contributed by atoms with Crippen LogP contribution in [0.4, 0.5) is 0 Å². The van der Waals surface area contributed by atoms with Crippen molar-refractivity contribution in [3.8, 4) is 5.75 Å². The van der Waals surface area contributed by atoms with E-state index in [4.69, 9.17) is 9.84 Å². The molecule has 0 amide bonds. The lowest BCUT2D eigenvalue weighted by atomic mass is 10.3. The molecular formula is C9H11O2S. The zero-order valence-electron chi connectivity index (χ0n) is 6.91. The molecule has 65 valence electrons. The van der Waals surface area contributed by atoms with Gasteiger partial charge in [-0.05, 0) is 30.5 Å². The maximum atomic E-state index is 8.51. The van der Waals surface area contributed by atoms with E-state index in [1.54, 1.807) is 17.8 Å². The highest BCUT2D eigenvalue weighted by atomic mass is 32.2. The molecule has 1 aromatic rings. The number of ether oxygens (including phenoxy) is 1. The summed E-state index contributed by atoms with van der Waals surface area (Å²) in [5.74, 6) is 0.760. The fourth-order valence-electron chi connectivity index (χ4n) is 0.794. The number of hydrogen-bond acceptors (Lipinski definition) is 3. The van der Waals surface area contributed by atoms with Gasteiger partial charge < -0.3 is 9.84 Å². The normalized spacial score (nSPS) is 9.83. The minimum atomic E-state index is 0.0451. The van der Waals surface area contributed by atoms with Gasteiger partial charge >= 0.3 is 0 Å². The molecule has 1 rings (SSSR count). The quantitative estimate of drug-likeness (QED) is 0.719. The molecule has 0 aliphatic heterocycles. The highest BCUT2D eigenvalue weighted by Gasteiger charge is 1.94. The molecule has 0 aromatic heterocycles. The topological polar surface area (TPSA) is 29.5 Å². The second-order valence-corrected chi connectivity index (χ2v) is 3.06. The van der Waals surface area contributed by atoms with Crippen molar-refractivity contribution >= 4 is 11.8 Å². The van der Waals surface area contributed by atoms with E-state index in [0.29, 0.717) is 6.61 Å². The molecule has 12 heavy (non-hydrogen) atoms. The molecule has 0 aliphatic rings. The first-order valence-corrected chi connectivity index (χ1v) is 4.88. The molecule has 0 aliphatic carbocycles. The van der Waals surface area contributed by atoms with Gasteiger partial charge in [-0.2, -0.15) is 0 Å². The van der Waals surface area contributed by atoms with Gasteiger partial charge in [-0.1, -0.05) is 0 Å². The van der Waals surface area contributed by atoms with Crippen molar-refractivity contribution in [1.29, 1.82) is 0 Å². The third kappa shape index (κ3) is 2.75. The van der Waals surface area contributed by atoms with Crippen molar-refractivity contribution in [2.24, 2.45) is 0 Å². The van der Waals surface area contributed by atoms with Crippen molar-refractivity contribution in [2.45, 2.75) is 4.90 Å². The zero-order valence-corrected chi connectivity index (χ0v) is 7.73. The highest BCUT2D eigenvalue weighted by molar-refractivity contribution is 7.98. The van der Waals surface area contributed by atoms with E-state index in [1.807, 2.05) is 18.4 Å². The van der Waals surface area contributed by atoms with Crippen LogP contribution in [0, 0.1) is 6.07 Å². The van der Waals surface area contributed by atoms with Crippen LogP contribution in [0.3, 0.4) is 0 Å². The Bertz CT molecular complexity index is 238. The Balaban J connectivity index is 2.60. The van der Waals surface area contributed by atoms with Gasteiger partial charge in [0.2, 0.25) is 0 Å². The van der Waals surface area contributed by atoms with Crippen LogP contribution < -0.4 is 4.74 Å². The molecule has 1 aromatic carbocycles. The Morgan fingerprint density at radius 3 is 3.08 bits per heavy atom. The molecule has 0 heterocycles. The van der Waals surface area contributed by atoms with Crippen molar-refractivity contribution in [3.05, 3.63) is 24.3 Å². The molecule has 0 unspecified atom stereocenters. The van der Waals surface area contributed by atoms with Crippen LogP contribution in [0.2, 0.25) is 0 Å². The van der Waals surface area contributed by atoms with E-state index in [2.05, 4.69) is 6.07 Å². The molecule has 3 heteroatoms.